The van der Waals surface area contributed by atoms with Crippen molar-refractivity contribution in [3.63, 3.8) is 0 Å². The Morgan fingerprint density at radius 2 is 1.60 bits per heavy atom. The zero-order chi connectivity index (χ0) is 22.7. The molecule has 9 heteroatoms. The number of esters is 1. The fraction of sp³-hybridized carbons (Fsp3) is 0.381. The lowest BCUT2D eigenvalue weighted by molar-refractivity contribution is 0.0601. The van der Waals surface area contributed by atoms with Gasteiger partial charge in [0.05, 0.1) is 24.7 Å². The topological polar surface area (TPSA) is 90.9 Å². The molecule has 0 aromatic heterocycles. The van der Waals surface area contributed by atoms with Gasteiger partial charge in [-0.2, -0.15) is 0 Å². The maximum Gasteiger partial charge on any atom is 0.340 e. The van der Waals surface area contributed by atoms with E-state index in [9.17, 15) is 13.2 Å². The maximum atomic E-state index is 13.0. The standard InChI is InChI=1S/C21H29NO6SSi/c1-21(2,3)30(6,7)28-18-10-8-9-17(20(23)27-5)19(18)22-29(24,25)16-13-11-15(26-4)12-14-16/h8-14,22H,1-7H3. The smallest absolute Gasteiger partial charge is 0.340 e. The molecule has 0 saturated heterocycles. The van der Waals surface area contributed by atoms with Gasteiger partial charge in [0.25, 0.3) is 18.3 Å². The van der Waals surface area contributed by atoms with Crippen LogP contribution in [0.1, 0.15) is 31.1 Å². The van der Waals surface area contributed by atoms with Crippen LogP contribution in [-0.2, 0) is 14.8 Å². The first-order valence-corrected chi connectivity index (χ1v) is 13.8. The van der Waals surface area contributed by atoms with Crippen molar-refractivity contribution < 1.29 is 27.1 Å². The molecule has 2 aromatic rings. The molecular formula is C21H29NO6SSi. The monoisotopic (exact) mass is 451 g/mol. The van der Waals surface area contributed by atoms with E-state index in [4.69, 9.17) is 13.9 Å². The lowest BCUT2D eigenvalue weighted by atomic mass is 10.1. The van der Waals surface area contributed by atoms with E-state index < -0.39 is 24.3 Å². The third-order valence-corrected chi connectivity index (χ3v) is 10.9. The van der Waals surface area contributed by atoms with E-state index in [0.717, 1.165) is 0 Å². The molecular weight excluding hydrogens is 422 g/mol. The number of sulfonamides is 1. The number of benzene rings is 2. The highest BCUT2D eigenvalue weighted by Crippen LogP contribution is 2.41. The van der Waals surface area contributed by atoms with Crippen LogP contribution in [0.25, 0.3) is 0 Å². The molecule has 0 saturated carbocycles. The Labute approximate surface area is 179 Å². The summed E-state index contributed by atoms with van der Waals surface area (Å²) in [6, 6.07) is 10.7. The molecule has 0 atom stereocenters. The van der Waals surface area contributed by atoms with Gasteiger partial charge in [-0.1, -0.05) is 26.8 Å². The molecule has 164 valence electrons. The molecule has 0 amide bonds. The highest BCUT2D eigenvalue weighted by molar-refractivity contribution is 7.92. The van der Waals surface area contributed by atoms with Crippen molar-refractivity contribution in [2.45, 2.75) is 43.8 Å². The molecule has 0 spiro atoms. The Morgan fingerprint density at radius 1 is 1.00 bits per heavy atom. The molecule has 0 aliphatic heterocycles. The van der Waals surface area contributed by atoms with Crippen molar-refractivity contribution in [2.24, 2.45) is 0 Å². The predicted octanol–water partition coefficient (Wildman–Crippen LogP) is 4.67. The molecule has 1 N–H and O–H groups in total. The summed E-state index contributed by atoms with van der Waals surface area (Å²) >= 11 is 0. The van der Waals surface area contributed by atoms with E-state index in [1.54, 1.807) is 24.3 Å². The van der Waals surface area contributed by atoms with E-state index in [1.807, 2.05) is 13.1 Å². The molecule has 0 aliphatic rings. The van der Waals surface area contributed by atoms with E-state index in [2.05, 4.69) is 25.5 Å². The van der Waals surface area contributed by atoms with Crippen molar-refractivity contribution >= 4 is 30.0 Å². The fourth-order valence-corrected chi connectivity index (χ4v) is 4.50. The van der Waals surface area contributed by atoms with Crippen molar-refractivity contribution in [3.8, 4) is 11.5 Å². The third kappa shape index (κ3) is 5.14. The summed E-state index contributed by atoms with van der Waals surface area (Å²) in [5.41, 5.74) is 0.135. The van der Waals surface area contributed by atoms with Crippen molar-refractivity contribution in [2.75, 3.05) is 18.9 Å². The van der Waals surface area contributed by atoms with Crippen molar-refractivity contribution in [1.82, 2.24) is 0 Å². The zero-order valence-electron chi connectivity index (χ0n) is 18.4. The lowest BCUT2D eigenvalue weighted by Crippen LogP contribution is -2.44. The Bertz CT molecular complexity index is 1010. The second-order valence-electron chi connectivity index (χ2n) is 8.31. The number of anilines is 1. The SMILES string of the molecule is COC(=O)c1cccc(O[Si](C)(C)C(C)(C)C)c1NS(=O)(=O)c1ccc(OC)cc1. The first-order valence-electron chi connectivity index (χ1n) is 9.39. The predicted molar refractivity (Wildman–Crippen MR) is 119 cm³/mol. The van der Waals surface area contributed by atoms with Crippen molar-refractivity contribution in [1.29, 1.82) is 0 Å². The average molecular weight is 452 g/mol. The largest absolute Gasteiger partial charge is 0.542 e. The first kappa shape index (κ1) is 23.8. The summed E-state index contributed by atoms with van der Waals surface area (Å²) < 4.78 is 44.8. The van der Waals surface area contributed by atoms with E-state index in [-0.39, 0.29) is 21.2 Å². The number of hydrogen-bond donors (Lipinski definition) is 1. The number of hydrogen-bond acceptors (Lipinski definition) is 6. The first-order chi connectivity index (χ1) is 13.8. The highest BCUT2D eigenvalue weighted by atomic mass is 32.2. The minimum atomic E-state index is -3.99. The van der Waals surface area contributed by atoms with Crippen LogP contribution in [0.3, 0.4) is 0 Å². The number of para-hydroxylation sites is 1. The minimum absolute atomic E-state index is 0.0289. The zero-order valence-corrected chi connectivity index (χ0v) is 20.2. The van der Waals surface area contributed by atoms with Gasteiger partial charge in [-0.05, 0) is 54.5 Å². The molecule has 0 fully saturated rings. The molecule has 2 aromatic carbocycles. The quantitative estimate of drug-likeness (QED) is 0.486. The van der Waals surface area contributed by atoms with Crippen LogP contribution in [0, 0.1) is 0 Å². The van der Waals surface area contributed by atoms with Gasteiger partial charge in [0.2, 0.25) is 0 Å². The maximum absolute atomic E-state index is 13.0. The molecule has 0 heterocycles. The second kappa shape index (κ2) is 8.69. The van der Waals surface area contributed by atoms with Gasteiger partial charge < -0.3 is 13.9 Å². The molecule has 0 aliphatic carbocycles. The van der Waals surface area contributed by atoms with Gasteiger partial charge in [-0.25, -0.2) is 13.2 Å². The normalized spacial score (nSPS) is 12.2. The van der Waals surface area contributed by atoms with E-state index >= 15 is 0 Å². The van der Waals surface area contributed by atoms with Crippen LogP contribution in [-0.4, -0.2) is 36.9 Å². The van der Waals surface area contributed by atoms with Gasteiger partial charge in [0.15, 0.2) is 0 Å². The molecule has 0 unspecified atom stereocenters. The molecule has 0 radical (unpaired) electrons. The minimum Gasteiger partial charge on any atom is -0.542 e. The number of carbonyl (C=O) groups excluding carboxylic acids is 1. The van der Waals surface area contributed by atoms with Gasteiger partial charge in [-0.3, -0.25) is 4.72 Å². The van der Waals surface area contributed by atoms with E-state index in [0.29, 0.717) is 11.5 Å². The van der Waals surface area contributed by atoms with Gasteiger partial charge in [-0.15, -0.1) is 0 Å². The summed E-state index contributed by atoms with van der Waals surface area (Å²) in [5.74, 6) is 0.163. The third-order valence-electron chi connectivity index (χ3n) is 5.21. The van der Waals surface area contributed by atoms with Crippen LogP contribution in [0.2, 0.25) is 18.1 Å². The lowest BCUT2D eigenvalue weighted by Gasteiger charge is -2.37. The Balaban J connectivity index is 2.56. The number of carbonyl (C=O) groups is 1. The van der Waals surface area contributed by atoms with Crippen LogP contribution in [0.4, 0.5) is 5.69 Å². The van der Waals surface area contributed by atoms with Crippen LogP contribution in [0.5, 0.6) is 11.5 Å². The number of nitrogens with one attached hydrogen (secondary N) is 1. The van der Waals surface area contributed by atoms with Gasteiger partial charge >= 0.3 is 5.97 Å². The highest BCUT2D eigenvalue weighted by Gasteiger charge is 2.40. The second-order valence-corrected chi connectivity index (χ2v) is 14.7. The summed E-state index contributed by atoms with van der Waals surface area (Å²) in [4.78, 5) is 12.4. The Kier molecular flexibility index (Phi) is 6.88. The number of ether oxygens (including phenoxy) is 2. The fourth-order valence-electron chi connectivity index (χ4n) is 2.38. The Morgan fingerprint density at radius 3 is 2.10 bits per heavy atom. The summed E-state index contributed by atoms with van der Waals surface area (Å²) in [6.07, 6.45) is 0. The number of methoxy groups -OCH3 is 2. The van der Waals surface area contributed by atoms with Crippen LogP contribution < -0.4 is 13.9 Å². The average Bonchev–Trinajstić information content (AvgIpc) is 2.67. The molecule has 2 rings (SSSR count). The van der Waals surface area contributed by atoms with Crippen LogP contribution >= 0.6 is 0 Å². The molecule has 30 heavy (non-hydrogen) atoms. The number of rotatable bonds is 7. The summed E-state index contributed by atoms with van der Waals surface area (Å²) in [5, 5.41) is -0.125. The Hall–Kier alpha value is -2.52. The van der Waals surface area contributed by atoms with Gasteiger partial charge in [0.1, 0.15) is 17.2 Å². The van der Waals surface area contributed by atoms with E-state index in [1.165, 1.54) is 32.4 Å². The summed E-state index contributed by atoms with van der Waals surface area (Å²) in [6.45, 7) is 10.3. The van der Waals surface area contributed by atoms with Crippen LogP contribution in [0.15, 0.2) is 47.4 Å². The summed E-state index contributed by atoms with van der Waals surface area (Å²) in [7, 11) is -3.57. The van der Waals surface area contributed by atoms with Gasteiger partial charge in [0, 0.05) is 0 Å². The molecule has 7 nitrogen and oxygen atoms in total. The molecule has 0 bridgehead atoms. The van der Waals surface area contributed by atoms with Crippen molar-refractivity contribution in [3.05, 3.63) is 48.0 Å².